The molecule has 0 aliphatic heterocycles. The molecule has 6 heteroatoms. The van der Waals surface area contributed by atoms with E-state index in [9.17, 15) is 9.18 Å². The van der Waals surface area contributed by atoms with Crippen LogP contribution in [-0.2, 0) is 11.8 Å². The maximum atomic E-state index is 13.4. The Labute approximate surface area is 116 Å². The number of anilines is 1. The number of hydrogen-bond donors (Lipinski definition) is 2. The molecule has 0 aliphatic rings. The van der Waals surface area contributed by atoms with Gasteiger partial charge in [0.2, 0.25) is 5.91 Å². The van der Waals surface area contributed by atoms with Crippen LogP contribution < -0.4 is 5.32 Å². The molecule has 1 aromatic heterocycles. The van der Waals surface area contributed by atoms with Crippen molar-refractivity contribution in [1.82, 2.24) is 9.78 Å². The fourth-order valence-electron chi connectivity index (χ4n) is 1.74. The highest BCUT2D eigenvalue weighted by molar-refractivity contribution is 7.80. The summed E-state index contributed by atoms with van der Waals surface area (Å²) in [7, 11) is 1.78. The van der Waals surface area contributed by atoms with Crippen LogP contribution >= 0.6 is 12.6 Å². The van der Waals surface area contributed by atoms with Crippen molar-refractivity contribution in [3.63, 3.8) is 0 Å². The smallest absolute Gasteiger partial charge is 0.225 e. The number of carbonyl (C=O) groups is 1. The standard InChI is InChI=1S/C13H14FN3OS/c1-17-8-9(7-15-17)11-6-10(14)2-3-12(11)16-13(18)4-5-19/h2-3,6-8,19H,4-5H2,1H3,(H,16,18). The first-order valence-corrected chi connectivity index (χ1v) is 6.42. The van der Waals surface area contributed by atoms with Crippen LogP contribution in [0, 0.1) is 5.82 Å². The lowest BCUT2D eigenvalue weighted by atomic mass is 10.1. The summed E-state index contributed by atoms with van der Waals surface area (Å²) in [6, 6.07) is 4.25. The zero-order valence-corrected chi connectivity index (χ0v) is 11.3. The third-order valence-corrected chi connectivity index (χ3v) is 2.83. The van der Waals surface area contributed by atoms with Crippen molar-refractivity contribution in [2.45, 2.75) is 6.42 Å². The number of hydrogen-bond acceptors (Lipinski definition) is 3. The van der Waals surface area contributed by atoms with Gasteiger partial charge < -0.3 is 5.32 Å². The number of amides is 1. The fourth-order valence-corrected chi connectivity index (χ4v) is 1.94. The first-order chi connectivity index (χ1) is 9.10. The largest absolute Gasteiger partial charge is 0.325 e. The number of nitrogens with zero attached hydrogens (tertiary/aromatic N) is 2. The number of aryl methyl sites for hydroxylation is 1. The SMILES string of the molecule is Cn1cc(-c2cc(F)ccc2NC(=O)CCS)cn1. The number of carbonyl (C=O) groups excluding carboxylic acids is 1. The summed E-state index contributed by atoms with van der Waals surface area (Å²) in [5, 5.41) is 6.80. The van der Waals surface area contributed by atoms with Crippen molar-refractivity contribution in [2.75, 3.05) is 11.1 Å². The van der Waals surface area contributed by atoms with Gasteiger partial charge in [0.25, 0.3) is 0 Å². The molecule has 0 bridgehead atoms. The Balaban J connectivity index is 2.35. The summed E-state index contributed by atoms with van der Waals surface area (Å²) >= 11 is 4.01. The van der Waals surface area contributed by atoms with Crippen LogP contribution in [0.5, 0.6) is 0 Å². The molecule has 0 radical (unpaired) electrons. The van der Waals surface area contributed by atoms with Crippen LogP contribution in [0.15, 0.2) is 30.6 Å². The molecule has 0 saturated carbocycles. The maximum Gasteiger partial charge on any atom is 0.225 e. The molecule has 0 fully saturated rings. The first-order valence-electron chi connectivity index (χ1n) is 5.79. The molecule has 1 heterocycles. The van der Waals surface area contributed by atoms with Gasteiger partial charge in [-0.25, -0.2) is 4.39 Å². The summed E-state index contributed by atoms with van der Waals surface area (Å²) in [5.74, 6) is -0.0345. The number of benzene rings is 1. The summed E-state index contributed by atoms with van der Waals surface area (Å²) in [5.41, 5.74) is 1.94. The van der Waals surface area contributed by atoms with E-state index >= 15 is 0 Å². The molecular formula is C13H14FN3OS. The molecule has 2 aromatic rings. The molecule has 1 amide bonds. The molecule has 0 spiro atoms. The van der Waals surface area contributed by atoms with Crippen molar-refractivity contribution >= 4 is 24.2 Å². The fraction of sp³-hybridized carbons (Fsp3) is 0.231. The minimum Gasteiger partial charge on any atom is -0.325 e. The van der Waals surface area contributed by atoms with Crippen molar-refractivity contribution in [2.24, 2.45) is 7.05 Å². The summed E-state index contributed by atoms with van der Waals surface area (Å²) in [6.07, 6.45) is 3.71. The van der Waals surface area contributed by atoms with E-state index in [4.69, 9.17) is 0 Å². The predicted octanol–water partition coefficient (Wildman–Crippen LogP) is 2.48. The van der Waals surface area contributed by atoms with Gasteiger partial charge in [-0.15, -0.1) is 0 Å². The van der Waals surface area contributed by atoms with Crippen LogP contribution in [-0.4, -0.2) is 21.4 Å². The van der Waals surface area contributed by atoms with E-state index in [0.717, 1.165) is 5.56 Å². The highest BCUT2D eigenvalue weighted by Gasteiger charge is 2.11. The lowest BCUT2D eigenvalue weighted by molar-refractivity contribution is -0.115. The lowest BCUT2D eigenvalue weighted by Gasteiger charge is -2.09. The third kappa shape index (κ3) is 3.35. The van der Waals surface area contributed by atoms with Gasteiger partial charge in [0, 0.05) is 36.5 Å². The van der Waals surface area contributed by atoms with Crippen LogP contribution in [0.1, 0.15) is 6.42 Å². The summed E-state index contributed by atoms with van der Waals surface area (Å²) < 4.78 is 15.0. The second kappa shape index (κ2) is 5.88. The van der Waals surface area contributed by atoms with E-state index in [2.05, 4.69) is 23.0 Å². The average molecular weight is 279 g/mol. The third-order valence-electron chi connectivity index (χ3n) is 2.61. The predicted molar refractivity (Wildman–Crippen MR) is 75.7 cm³/mol. The van der Waals surface area contributed by atoms with Gasteiger partial charge in [-0.05, 0) is 24.0 Å². The van der Waals surface area contributed by atoms with E-state index in [1.165, 1.54) is 12.1 Å². The van der Waals surface area contributed by atoms with Gasteiger partial charge in [-0.2, -0.15) is 17.7 Å². The van der Waals surface area contributed by atoms with Crippen LogP contribution in [0.4, 0.5) is 10.1 Å². The molecule has 1 N–H and O–H groups in total. The number of halogens is 1. The molecule has 0 unspecified atom stereocenters. The zero-order valence-electron chi connectivity index (χ0n) is 10.4. The Hall–Kier alpha value is -1.82. The normalized spacial score (nSPS) is 10.5. The molecule has 1 aromatic carbocycles. The van der Waals surface area contributed by atoms with Crippen LogP contribution in [0.2, 0.25) is 0 Å². The molecule has 0 aliphatic carbocycles. The minimum absolute atomic E-state index is 0.147. The van der Waals surface area contributed by atoms with Crippen molar-refractivity contribution in [3.8, 4) is 11.1 Å². The Morgan fingerprint density at radius 2 is 2.32 bits per heavy atom. The van der Waals surface area contributed by atoms with Gasteiger partial charge >= 0.3 is 0 Å². The van der Waals surface area contributed by atoms with Gasteiger partial charge in [0.1, 0.15) is 5.82 Å². The molecule has 4 nitrogen and oxygen atoms in total. The second-order valence-corrected chi connectivity index (χ2v) is 4.56. The Kier molecular flexibility index (Phi) is 4.21. The topological polar surface area (TPSA) is 46.9 Å². The maximum absolute atomic E-state index is 13.4. The van der Waals surface area contributed by atoms with Gasteiger partial charge in [-0.1, -0.05) is 0 Å². The van der Waals surface area contributed by atoms with E-state index in [1.54, 1.807) is 30.2 Å². The number of thiol groups is 1. The Morgan fingerprint density at radius 1 is 1.53 bits per heavy atom. The van der Waals surface area contributed by atoms with Crippen LogP contribution in [0.25, 0.3) is 11.1 Å². The number of nitrogens with one attached hydrogen (secondary N) is 1. The number of aromatic nitrogens is 2. The van der Waals surface area contributed by atoms with Crippen molar-refractivity contribution in [1.29, 1.82) is 0 Å². The first kappa shape index (κ1) is 13.6. The molecule has 2 rings (SSSR count). The van der Waals surface area contributed by atoms with E-state index in [0.29, 0.717) is 23.4 Å². The lowest BCUT2D eigenvalue weighted by Crippen LogP contribution is -2.12. The van der Waals surface area contributed by atoms with E-state index < -0.39 is 0 Å². The quantitative estimate of drug-likeness (QED) is 0.845. The second-order valence-electron chi connectivity index (χ2n) is 4.11. The number of rotatable bonds is 4. The van der Waals surface area contributed by atoms with Crippen molar-refractivity contribution < 1.29 is 9.18 Å². The van der Waals surface area contributed by atoms with E-state index in [1.807, 2.05) is 0 Å². The Morgan fingerprint density at radius 3 is 2.95 bits per heavy atom. The summed E-state index contributed by atoms with van der Waals surface area (Å²) in [4.78, 5) is 11.6. The molecule has 0 saturated heterocycles. The zero-order chi connectivity index (χ0) is 13.8. The molecule has 0 atom stereocenters. The highest BCUT2D eigenvalue weighted by Crippen LogP contribution is 2.28. The summed E-state index contributed by atoms with van der Waals surface area (Å²) in [6.45, 7) is 0. The Bertz CT molecular complexity index is 597. The molecule has 100 valence electrons. The monoisotopic (exact) mass is 279 g/mol. The van der Waals surface area contributed by atoms with Gasteiger partial charge in [0.15, 0.2) is 0 Å². The average Bonchev–Trinajstić information content (AvgIpc) is 2.78. The molecular weight excluding hydrogens is 265 g/mol. The highest BCUT2D eigenvalue weighted by atomic mass is 32.1. The molecule has 19 heavy (non-hydrogen) atoms. The van der Waals surface area contributed by atoms with E-state index in [-0.39, 0.29) is 11.7 Å². The van der Waals surface area contributed by atoms with Crippen molar-refractivity contribution in [3.05, 3.63) is 36.4 Å². The van der Waals surface area contributed by atoms with Crippen LogP contribution in [0.3, 0.4) is 0 Å². The minimum atomic E-state index is -0.356. The van der Waals surface area contributed by atoms with Gasteiger partial charge in [-0.3, -0.25) is 9.48 Å². The van der Waals surface area contributed by atoms with Gasteiger partial charge in [0.05, 0.1) is 6.20 Å².